The largest absolute Gasteiger partial charge is 0.348 e. The van der Waals surface area contributed by atoms with Crippen LogP contribution in [-0.2, 0) is 6.54 Å². The summed E-state index contributed by atoms with van der Waals surface area (Å²) in [6, 6.07) is 18.0. The molecule has 2 aromatic carbocycles. The molecule has 0 fully saturated rings. The molecule has 8 nitrogen and oxygen atoms in total. The minimum absolute atomic E-state index is 0.194. The molecule has 0 atom stereocenters. The van der Waals surface area contributed by atoms with Crippen LogP contribution in [0.1, 0.15) is 15.9 Å². The second-order valence-electron chi connectivity index (χ2n) is 6.79. The molecule has 0 aliphatic heterocycles. The van der Waals surface area contributed by atoms with Gasteiger partial charge in [-0.1, -0.05) is 35.6 Å². The molecule has 9 heteroatoms. The van der Waals surface area contributed by atoms with E-state index < -0.39 is 0 Å². The molecule has 0 saturated heterocycles. The van der Waals surface area contributed by atoms with Gasteiger partial charge in [0.2, 0.25) is 10.1 Å². The molecule has 0 spiro atoms. The fraction of sp³-hybridized carbons (Fsp3) is 0.0455. The monoisotopic (exact) mass is 428 g/mol. The summed E-state index contributed by atoms with van der Waals surface area (Å²) >= 11 is 1.27. The van der Waals surface area contributed by atoms with Gasteiger partial charge in [0.25, 0.3) is 11.5 Å². The van der Waals surface area contributed by atoms with Crippen molar-refractivity contribution in [2.75, 3.05) is 5.32 Å². The Hall–Kier alpha value is -4.11. The van der Waals surface area contributed by atoms with Crippen LogP contribution in [0.5, 0.6) is 0 Å². The van der Waals surface area contributed by atoms with Crippen LogP contribution in [0.3, 0.4) is 0 Å². The molecule has 0 radical (unpaired) electrons. The highest BCUT2D eigenvalue weighted by Crippen LogP contribution is 2.23. The third-order valence-electron chi connectivity index (χ3n) is 4.65. The van der Waals surface area contributed by atoms with Crippen LogP contribution in [0.25, 0.3) is 15.9 Å². The Balaban J connectivity index is 1.37. The van der Waals surface area contributed by atoms with Crippen molar-refractivity contribution in [2.45, 2.75) is 6.54 Å². The molecule has 31 heavy (non-hydrogen) atoms. The number of para-hydroxylation sites is 1. The summed E-state index contributed by atoms with van der Waals surface area (Å²) in [7, 11) is 0. The Morgan fingerprint density at radius 2 is 1.97 bits per heavy atom. The van der Waals surface area contributed by atoms with Crippen LogP contribution in [-0.4, -0.2) is 25.5 Å². The van der Waals surface area contributed by atoms with E-state index in [0.29, 0.717) is 38.8 Å². The van der Waals surface area contributed by atoms with Gasteiger partial charge in [-0.15, -0.1) is 5.10 Å². The minimum atomic E-state index is -0.214. The number of carbonyl (C=O) groups is 1. The summed E-state index contributed by atoms with van der Waals surface area (Å²) in [6.45, 7) is 0.393. The normalized spacial score (nSPS) is 11.0. The number of pyridine rings is 1. The lowest BCUT2D eigenvalue weighted by molar-refractivity contribution is 0.0951. The van der Waals surface area contributed by atoms with Crippen LogP contribution in [0.2, 0.25) is 0 Å². The summed E-state index contributed by atoms with van der Waals surface area (Å²) < 4.78 is 1.29. The number of nitrogens with zero attached hydrogens (tertiary/aromatic N) is 4. The zero-order chi connectivity index (χ0) is 21.2. The number of benzene rings is 2. The standard InChI is InChI=1S/C22H16N6O2S/c29-19(24-13-14-5-4-10-23-12-14)15-6-3-7-16(11-15)25-21-27-28-20(30)17-8-1-2-9-18(17)26-22(28)31-21/h1-12H,13H2,(H,24,29)(H,25,27). The molecule has 3 heterocycles. The lowest BCUT2D eigenvalue weighted by Crippen LogP contribution is -2.22. The molecule has 152 valence electrons. The van der Waals surface area contributed by atoms with Gasteiger partial charge in [0.05, 0.1) is 10.9 Å². The number of anilines is 2. The van der Waals surface area contributed by atoms with E-state index in [9.17, 15) is 9.59 Å². The van der Waals surface area contributed by atoms with Gasteiger partial charge in [-0.2, -0.15) is 4.52 Å². The number of hydrogen-bond acceptors (Lipinski definition) is 7. The Bertz CT molecular complexity index is 1460. The average molecular weight is 428 g/mol. The van der Waals surface area contributed by atoms with Crippen LogP contribution in [0.15, 0.2) is 77.9 Å². The van der Waals surface area contributed by atoms with Crippen LogP contribution < -0.4 is 16.2 Å². The molecule has 2 N–H and O–H groups in total. The molecule has 0 saturated carbocycles. The van der Waals surface area contributed by atoms with E-state index in [1.807, 2.05) is 24.3 Å². The molecule has 0 bridgehead atoms. The second-order valence-corrected chi connectivity index (χ2v) is 7.74. The summed E-state index contributed by atoms with van der Waals surface area (Å²) in [5.74, 6) is -0.194. The van der Waals surface area contributed by atoms with E-state index in [1.54, 1.807) is 48.8 Å². The van der Waals surface area contributed by atoms with E-state index in [-0.39, 0.29) is 11.5 Å². The topological polar surface area (TPSA) is 101 Å². The SMILES string of the molecule is O=C(NCc1cccnc1)c1cccc(Nc2nn3c(=O)c4ccccc4nc3s2)c1. The highest BCUT2D eigenvalue weighted by atomic mass is 32.1. The molecule has 5 rings (SSSR count). The van der Waals surface area contributed by atoms with Crippen molar-refractivity contribution < 1.29 is 4.79 Å². The van der Waals surface area contributed by atoms with Crippen molar-refractivity contribution >= 4 is 43.9 Å². The Labute approximate surface area is 180 Å². The average Bonchev–Trinajstić information content (AvgIpc) is 3.21. The summed E-state index contributed by atoms with van der Waals surface area (Å²) in [5, 5.41) is 11.4. The number of rotatable bonds is 5. The van der Waals surface area contributed by atoms with Crippen molar-refractivity contribution in [3.05, 3.63) is 94.5 Å². The highest BCUT2D eigenvalue weighted by Gasteiger charge is 2.12. The van der Waals surface area contributed by atoms with E-state index in [2.05, 4.69) is 25.7 Å². The highest BCUT2D eigenvalue weighted by molar-refractivity contribution is 7.20. The van der Waals surface area contributed by atoms with Crippen molar-refractivity contribution in [1.29, 1.82) is 0 Å². The van der Waals surface area contributed by atoms with Gasteiger partial charge in [-0.3, -0.25) is 14.6 Å². The fourth-order valence-corrected chi connectivity index (χ4v) is 3.97. The maximum absolute atomic E-state index is 12.7. The first-order valence-corrected chi connectivity index (χ1v) is 10.3. The first-order valence-electron chi connectivity index (χ1n) is 9.50. The molecule has 0 unspecified atom stereocenters. The Kier molecular flexibility index (Phi) is 4.85. The first-order chi connectivity index (χ1) is 15.2. The zero-order valence-corrected chi connectivity index (χ0v) is 17.0. The van der Waals surface area contributed by atoms with Gasteiger partial charge >= 0.3 is 0 Å². The summed E-state index contributed by atoms with van der Waals surface area (Å²) in [5.41, 5.74) is 2.54. The molecule has 0 aliphatic rings. The molecule has 5 aromatic rings. The molecule has 0 aliphatic carbocycles. The first kappa shape index (κ1) is 18.9. The summed E-state index contributed by atoms with van der Waals surface area (Å²) in [4.78, 5) is 34.2. The van der Waals surface area contributed by atoms with Crippen molar-refractivity contribution in [3.63, 3.8) is 0 Å². The van der Waals surface area contributed by atoms with E-state index >= 15 is 0 Å². The van der Waals surface area contributed by atoms with E-state index in [1.165, 1.54) is 15.9 Å². The van der Waals surface area contributed by atoms with Crippen molar-refractivity contribution in [3.8, 4) is 0 Å². The molecule has 1 amide bonds. The zero-order valence-electron chi connectivity index (χ0n) is 16.1. The number of hydrogen-bond donors (Lipinski definition) is 2. The number of carbonyl (C=O) groups excluding carboxylic acids is 1. The van der Waals surface area contributed by atoms with Gasteiger partial charge in [0.15, 0.2) is 0 Å². The fourth-order valence-electron chi connectivity index (χ4n) is 3.15. The third kappa shape index (κ3) is 3.86. The second kappa shape index (κ2) is 7.96. The van der Waals surface area contributed by atoms with Gasteiger partial charge < -0.3 is 10.6 Å². The third-order valence-corrected chi connectivity index (χ3v) is 5.48. The summed E-state index contributed by atoms with van der Waals surface area (Å²) in [6.07, 6.45) is 3.40. The van der Waals surface area contributed by atoms with Crippen LogP contribution >= 0.6 is 11.3 Å². The molecular formula is C22H16N6O2S. The lowest BCUT2D eigenvalue weighted by atomic mass is 10.2. The van der Waals surface area contributed by atoms with Gasteiger partial charge in [-0.05, 0) is 42.0 Å². The Morgan fingerprint density at radius 3 is 2.84 bits per heavy atom. The number of amides is 1. The van der Waals surface area contributed by atoms with Gasteiger partial charge in [-0.25, -0.2) is 4.98 Å². The van der Waals surface area contributed by atoms with Crippen molar-refractivity contribution in [1.82, 2.24) is 24.9 Å². The number of nitrogens with one attached hydrogen (secondary N) is 2. The number of fused-ring (bicyclic) bond motifs is 2. The molecule has 3 aromatic heterocycles. The van der Waals surface area contributed by atoms with Crippen molar-refractivity contribution in [2.24, 2.45) is 0 Å². The van der Waals surface area contributed by atoms with Crippen LogP contribution in [0.4, 0.5) is 10.8 Å². The van der Waals surface area contributed by atoms with E-state index in [4.69, 9.17) is 0 Å². The number of aromatic nitrogens is 4. The minimum Gasteiger partial charge on any atom is -0.348 e. The van der Waals surface area contributed by atoms with Crippen LogP contribution in [0, 0.1) is 0 Å². The quantitative estimate of drug-likeness (QED) is 0.445. The van der Waals surface area contributed by atoms with E-state index in [0.717, 1.165) is 5.56 Å². The maximum atomic E-state index is 12.7. The predicted octanol–water partition coefficient (Wildman–Crippen LogP) is 3.37. The predicted molar refractivity (Wildman–Crippen MR) is 120 cm³/mol. The Morgan fingerprint density at radius 1 is 1.06 bits per heavy atom. The maximum Gasteiger partial charge on any atom is 0.283 e. The van der Waals surface area contributed by atoms with Gasteiger partial charge in [0.1, 0.15) is 0 Å². The lowest BCUT2D eigenvalue weighted by Gasteiger charge is -2.07. The molecular weight excluding hydrogens is 412 g/mol. The van der Waals surface area contributed by atoms with Gasteiger partial charge in [0, 0.05) is 30.2 Å². The smallest absolute Gasteiger partial charge is 0.283 e.